The number of carboxylic acids is 1. The fraction of sp³-hybridized carbons (Fsp3) is 0.241. The average molecular weight is 595 g/mol. The predicted molar refractivity (Wildman–Crippen MR) is 148 cm³/mol. The maximum atomic E-state index is 14.4. The molecule has 3 aromatic rings. The number of fused-ring (bicyclic) bond motifs is 1. The Balaban J connectivity index is 1.62. The van der Waals surface area contributed by atoms with Crippen molar-refractivity contribution in [3.63, 3.8) is 0 Å². The van der Waals surface area contributed by atoms with Crippen molar-refractivity contribution in [1.82, 2.24) is 4.90 Å². The van der Waals surface area contributed by atoms with Crippen molar-refractivity contribution in [3.8, 4) is 11.5 Å². The molecule has 2 aliphatic heterocycles. The molecular formula is C29H27N2O10P. The lowest BCUT2D eigenvalue weighted by molar-refractivity contribution is -0.384. The molecule has 1 fully saturated rings. The van der Waals surface area contributed by atoms with Gasteiger partial charge in [0.25, 0.3) is 5.69 Å². The number of aliphatic carboxylic acids is 1. The number of para-hydroxylation sites is 1. The van der Waals surface area contributed by atoms with Crippen LogP contribution in [0.5, 0.6) is 11.5 Å². The van der Waals surface area contributed by atoms with E-state index >= 15 is 0 Å². The van der Waals surface area contributed by atoms with Gasteiger partial charge in [-0.15, -0.1) is 0 Å². The molecule has 13 heteroatoms. The topological polar surface area (TPSA) is 166 Å². The highest BCUT2D eigenvalue weighted by Gasteiger charge is 2.68. The number of aliphatic hydroxyl groups is 1. The number of nitro groups is 1. The maximum absolute atomic E-state index is 14.4. The molecule has 2 heterocycles. The standard InChI is InChI=1S/C29H27N2O10P/c1-18(32)23-25-29(2,17-19-9-5-3-6-10-19)26(24(28(34)35)30(25)27(23)33)41-42(38,39-21-11-7-4-8-12-21)40-22-15-13-20(14-16-22)31(36)37/h3-16,18,23,25,32H,17H2,1-2H3,(H,34,35)/t18-,23-,25+,29-,42?/m1/s1. The smallest absolute Gasteiger partial charge is 0.476 e. The van der Waals surface area contributed by atoms with E-state index in [0.29, 0.717) is 0 Å². The molecule has 1 unspecified atom stereocenters. The summed E-state index contributed by atoms with van der Waals surface area (Å²) >= 11 is 0. The summed E-state index contributed by atoms with van der Waals surface area (Å²) in [6.07, 6.45) is -0.951. The second-order valence-corrected chi connectivity index (χ2v) is 11.7. The normalized spacial score (nSPS) is 23.3. The second kappa shape index (κ2) is 11.0. The van der Waals surface area contributed by atoms with Crippen molar-refractivity contribution in [1.29, 1.82) is 0 Å². The third-order valence-electron chi connectivity index (χ3n) is 7.33. The first-order valence-corrected chi connectivity index (χ1v) is 14.4. The Morgan fingerprint density at radius 1 is 1.00 bits per heavy atom. The van der Waals surface area contributed by atoms with Crippen molar-refractivity contribution in [2.45, 2.75) is 32.4 Å². The molecule has 0 bridgehead atoms. The highest BCUT2D eigenvalue weighted by atomic mass is 31.2. The monoisotopic (exact) mass is 594 g/mol. The number of aliphatic hydroxyl groups excluding tert-OH is 1. The van der Waals surface area contributed by atoms with Crippen LogP contribution in [-0.2, 0) is 25.1 Å². The van der Waals surface area contributed by atoms with Gasteiger partial charge in [-0.3, -0.25) is 19.8 Å². The third kappa shape index (κ3) is 5.22. The van der Waals surface area contributed by atoms with E-state index in [9.17, 15) is 34.5 Å². The fourth-order valence-corrected chi connectivity index (χ4v) is 6.90. The number of rotatable bonds is 11. The Morgan fingerprint density at radius 3 is 2.07 bits per heavy atom. The molecule has 5 atom stereocenters. The Morgan fingerprint density at radius 2 is 1.55 bits per heavy atom. The lowest BCUT2D eigenvalue weighted by Gasteiger charge is -2.50. The minimum atomic E-state index is -4.79. The van der Waals surface area contributed by atoms with Crippen molar-refractivity contribution in [2.75, 3.05) is 0 Å². The van der Waals surface area contributed by atoms with Crippen molar-refractivity contribution < 1.29 is 42.9 Å². The summed E-state index contributed by atoms with van der Waals surface area (Å²) in [6.45, 7) is 3.12. The SMILES string of the molecule is C[C@@H](O)[C@H]1C(=O)N2C(C(=O)O)=C(OP(=O)(Oc3ccccc3)Oc3ccc([N+](=O)[O-])cc3)[C@](C)(Cc3ccccc3)[C@H]12. The fourth-order valence-electron chi connectivity index (χ4n) is 5.51. The average Bonchev–Trinajstić information content (AvgIpc) is 3.14. The first-order valence-electron chi connectivity index (χ1n) is 12.9. The first kappa shape index (κ1) is 28.8. The van der Waals surface area contributed by atoms with Crippen LogP contribution in [0, 0.1) is 21.4 Å². The zero-order valence-electron chi connectivity index (χ0n) is 22.5. The Hall–Kier alpha value is -4.67. The molecule has 218 valence electrons. The number of hydrogen-bond acceptors (Lipinski definition) is 9. The molecule has 2 aliphatic rings. The van der Waals surface area contributed by atoms with Crippen LogP contribution in [0.1, 0.15) is 19.4 Å². The summed E-state index contributed by atoms with van der Waals surface area (Å²) in [6, 6.07) is 20.8. The van der Waals surface area contributed by atoms with Gasteiger partial charge in [0.15, 0.2) is 5.70 Å². The van der Waals surface area contributed by atoms with Gasteiger partial charge in [0.1, 0.15) is 17.3 Å². The van der Waals surface area contributed by atoms with Gasteiger partial charge in [-0.1, -0.05) is 55.5 Å². The van der Waals surface area contributed by atoms with Crippen molar-refractivity contribution in [2.24, 2.45) is 11.3 Å². The summed E-state index contributed by atoms with van der Waals surface area (Å²) in [5.41, 5.74) is -1.30. The number of phosphoric acid groups is 1. The minimum absolute atomic E-state index is 0.0733. The third-order valence-corrected chi connectivity index (χ3v) is 8.61. The summed E-state index contributed by atoms with van der Waals surface area (Å²) in [5.74, 6) is -3.42. The number of amides is 1. The minimum Gasteiger partial charge on any atom is -0.476 e. The van der Waals surface area contributed by atoms with Crippen LogP contribution in [0.25, 0.3) is 0 Å². The van der Waals surface area contributed by atoms with Gasteiger partial charge in [0.05, 0.1) is 28.4 Å². The Bertz CT molecular complexity index is 1590. The summed E-state index contributed by atoms with van der Waals surface area (Å²) in [5, 5.41) is 31.9. The number of benzene rings is 3. The quantitative estimate of drug-likeness (QED) is 0.134. The predicted octanol–water partition coefficient (Wildman–Crippen LogP) is 4.94. The van der Waals surface area contributed by atoms with E-state index in [0.717, 1.165) is 22.6 Å². The van der Waals surface area contributed by atoms with Crippen molar-refractivity contribution in [3.05, 3.63) is 112 Å². The Kier molecular flexibility index (Phi) is 7.53. The number of hydrogen-bond donors (Lipinski definition) is 2. The molecule has 0 aromatic heterocycles. The van der Waals surface area contributed by atoms with Gasteiger partial charge in [-0.25, -0.2) is 4.79 Å². The van der Waals surface area contributed by atoms with Crippen LogP contribution >= 0.6 is 7.82 Å². The van der Waals surface area contributed by atoms with E-state index in [2.05, 4.69) is 0 Å². The zero-order valence-corrected chi connectivity index (χ0v) is 23.4. The maximum Gasteiger partial charge on any atom is 0.646 e. The summed E-state index contributed by atoms with van der Waals surface area (Å²) in [7, 11) is -4.79. The van der Waals surface area contributed by atoms with Gasteiger partial charge in [0.2, 0.25) is 5.91 Å². The lowest BCUT2D eigenvalue weighted by Crippen LogP contribution is -2.66. The second-order valence-electron chi connectivity index (χ2n) is 10.3. The van der Waals surface area contributed by atoms with E-state index in [1.54, 1.807) is 37.3 Å². The molecule has 0 saturated carbocycles. The van der Waals surface area contributed by atoms with Crippen LogP contribution in [-0.4, -0.2) is 44.1 Å². The molecule has 3 aromatic carbocycles. The van der Waals surface area contributed by atoms with Crippen LogP contribution in [0.2, 0.25) is 0 Å². The lowest BCUT2D eigenvalue weighted by atomic mass is 9.67. The first-order chi connectivity index (χ1) is 19.9. The number of carboxylic acid groups (broad SMARTS) is 1. The molecule has 12 nitrogen and oxygen atoms in total. The van der Waals surface area contributed by atoms with E-state index in [-0.39, 0.29) is 29.4 Å². The highest BCUT2D eigenvalue weighted by Crippen LogP contribution is 2.61. The molecule has 0 spiro atoms. The largest absolute Gasteiger partial charge is 0.646 e. The zero-order chi connectivity index (χ0) is 30.2. The van der Waals surface area contributed by atoms with Crippen LogP contribution in [0.4, 0.5) is 5.69 Å². The number of carbonyl (C=O) groups excluding carboxylic acids is 1. The van der Waals surface area contributed by atoms with Gasteiger partial charge < -0.3 is 23.8 Å². The summed E-state index contributed by atoms with van der Waals surface area (Å²) < 4.78 is 31.8. The number of carbonyl (C=O) groups is 2. The number of phosphoric ester groups is 1. The number of non-ortho nitro benzene ring substituents is 1. The van der Waals surface area contributed by atoms with Crippen molar-refractivity contribution >= 4 is 25.4 Å². The number of nitrogens with zero attached hydrogens (tertiary/aromatic N) is 2. The highest BCUT2D eigenvalue weighted by molar-refractivity contribution is 7.49. The van der Waals surface area contributed by atoms with Gasteiger partial charge in [-0.2, -0.15) is 4.57 Å². The molecule has 0 aliphatic carbocycles. The molecule has 1 amide bonds. The number of nitro benzene ring substituents is 1. The Labute approximate surface area is 240 Å². The number of β-lactam (4-membered cyclic amide) rings is 1. The van der Waals surface area contributed by atoms with E-state index in [1.807, 2.05) is 18.2 Å². The van der Waals surface area contributed by atoms with Crippen LogP contribution < -0.4 is 9.05 Å². The van der Waals surface area contributed by atoms with E-state index in [4.69, 9.17) is 13.6 Å². The van der Waals surface area contributed by atoms with Gasteiger partial charge >= 0.3 is 13.8 Å². The molecule has 2 N–H and O–H groups in total. The van der Waals surface area contributed by atoms with E-state index < -0.39 is 53.8 Å². The molecule has 42 heavy (non-hydrogen) atoms. The van der Waals surface area contributed by atoms with Crippen LogP contribution in [0.3, 0.4) is 0 Å². The van der Waals surface area contributed by atoms with Crippen LogP contribution in [0.15, 0.2) is 96.4 Å². The molecule has 1 saturated heterocycles. The molecular weight excluding hydrogens is 567 g/mol. The molecule has 0 radical (unpaired) electrons. The molecule has 5 rings (SSSR count). The van der Waals surface area contributed by atoms with E-state index in [1.165, 1.54) is 31.2 Å². The van der Waals surface area contributed by atoms with Gasteiger partial charge in [-0.05, 0) is 43.2 Å². The summed E-state index contributed by atoms with van der Waals surface area (Å²) in [4.78, 5) is 37.3. The van der Waals surface area contributed by atoms with Gasteiger partial charge in [0, 0.05) is 12.1 Å².